The molecule has 5 nitrogen and oxygen atoms in total. The smallest absolute Gasteiger partial charge is 0.407 e. The Bertz CT molecular complexity index is 443. The lowest BCUT2D eigenvalue weighted by Gasteiger charge is -2.31. The Kier molecular flexibility index (Phi) is 15.4. The summed E-state index contributed by atoms with van der Waals surface area (Å²) in [5.41, 5.74) is 0. The molecule has 0 rings (SSSR count). The molecule has 0 spiro atoms. The average molecular weight is 482 g/mol. The van der Waals surface area contributed by atoms with Gasteiger partial charge in [-0.3, -0.25) is 0 Å². The number of alkyl halides is 1. The third-order valence-corrected chi connectivity index (χ3v) is 8.69. The molecule has 0 aromatic heterocycles. The van der Waals surface area contributed by atoms with E-state index in [2.05, 4.69) is 51.5 Å². The first-order valence-electron chi connectivity index (χ1n) is 11.8. The highest BCUT2D eigenvalue weighted by atomic mass is 28.4. The molecule has 0 bridgehead atoms. The number of carbonyl (C=O) groups excluding carboxylic acids is 1. The molecule has 0 radical (unpaired) electrons. The molecule has 0 fully saturated rings. The number of nitrogens with one attached hydrogen (secondary N) is 1. The first-order chi connectivity index (χ1) is 13.8. The monoisotopic (exact) mass is 481 g/mol. The van der Waals surface area contributed by atoms with Crippen LogP contribution in [0.2, 0.25) is 45.3 Å². The number of amides is 1. The quantitative estimate of drug-likeness (QED) is 0.163. The summed E-state index contributed by atoms with van der Waals surface area (Å²) in [6, 6.07) is 1.04. The van der Waals surface area contributed by atoms with E-state index in [9.17, 15) is 9.18 Å². The standard InChI is InChI=1S/C21H48FNO4Si3/c1-9-10-11-12-14-19(22)17-18(2)25-20(24)23-15-13-16-28-21(26-29(3,4)5)27-30(6,7)8/h18-19,21H,9-17,28H2,1-8H3,(H,23,24). The first kappa shape index (κ1) is 29.8. The molecule has 2 unspecified atom stereocenters. The molecule has 0 heterocycles. The molecule has 0 aliphatic carbocycles. The zero-order valence-corrected chi connectivity index (χ0v) is 24.2. The van der Waals surface area contributed by atoms with Crippen molar-refractivity contribution in [3.8, 4) is 0 Å². The summed E-state index contributed by atoms with van der Waals surface area (Å²) in [7, 11) is -3.83. The normalized spacial score (nSPS) is 15.0. The van der Waals surface area contributed by atoms with Crippen LogP contribution in [0.3, 0.4) is 0 Å². The van der Waals surface area contributed by atoms with Gasteiger partial charge >= 0.3 is 6.09 Å². The fraction of sp³-hybridized carbons (Fsp3) is 0.952. The van der Waals surface area contributed by atoms with Gasteiger partial charge in [-0.1, -0.05) is 38.7 Å². The number of carbonyl (C=O) groups is 1. The van der Waals surface area contributed by atoms with Gasteiger partial charge in [0, 0.05) is 13.0 Å². The van der Waals surface area contributed by atoms with E-state index in [-0.39, 0.29) is 12.3 Å². The van der Waals surface area contributed by atoms with Crippen molar-refractivity contribution in [1.29, 1.82) is 0 Å². The Hall–Kier alpha value is -0.229. The number of hydrogen-bond donors (Lipinski definition) is 1. The largest absolute Gasteiger partial charge is 0.446 e. The van der Waals surface area contributed by atoms with Crippen molar-refractivity contribution in [1.82, 2.24) is 5.32 Å². The highest BCUT2D eigenvalue weighted by molar-refractivity contribution is 6.71. The number of ether oxygens (including phenoxy) is 1. The van der Waals surface area contributed by atoms with Gasteiger partial charge in [0.25, 0.3) is 0 Å². The van der Waals surface area contributed by atoms with Crippen molar-refractivity contribution in [2.75, 3.05) is 6.54 Å². The van der Waals surface area contributed by atoms with E-state index in [1.54, 1.807) is 6.92 Å². The van der Waals surface area contributed by atoms with Crippen LogP contribution in [0.15, 0.2) is 0 Å². The molecule has 9 heteroatoms. The molecule has 1 amide bonds. The summed E-state index contributed by atoms with van der Waals surface area (Å²) in [5.74, 6) is -0.0193. The van der Waals surface area contributed by atoms with E-state index in [0.717, 1.165) is 38.1 Å². The van der Waals surface area contributed by atoms with Crippen LogP contribution in [0.4, 0.5) is 9.18 Å². The van der Waals surface area contributed by atoms with Gasteiger partial charge < -0.3 is 18.9 Å². The summed E-state index contributed by atoms with van der Waals surface area (Å²) in [6.45, 7) is 17.6. The maximum Gasteiger partial charge on any atom is 0.407 e. The number of alkyl carbamates (subject to hydrolysis) is 1. The van der Waals surface area contributed by atoms with E-state index in [0.29, 0.717) is 13.0 Å². The van der Waals surface area contributed by atoms with E-state index in [1.165, 1.54) is 0 Å². The topological polar surface area (TPSA) is 56.8 Å². The molecule has 180 valence electrons. The van der Waals surface area contributed by atoms with Crippen LogP contribution < -0.4 is 5.32 Å². The summed E-state index contributed by atoms with van der Waals surface area (Å²) in [5, 5.41) is 2.79. The average Bonchev–Trinajstić information content (AvgIpc) is 2.55. The molecular formula is C21H48FNO4Si3. The fourth-order valence-corrected chi connectivity index (χ4v) is 9.68. The zero-order valence-electron chi connectivity index (χ0n) is 20.8. The molecule has 0 aliphatic heterocycles. The predicted molar refractivity (Wildman–Crippen MR) is 133 cm³/mol. The summed E-state index contributed by atoms with van der Waals surface area (Å²) >= 11 is 0. The van der Waals surface area contributed by atoms with Gasteiger partial charge in [0.15, 0.2) is 16.6 Å². The molecule has 0 saturated heterocycles. The third kappa shape index (κ3) is 19.7. The minimum atomic E-state index is -1.64. The van der Waals surface area contributed by atoms with Crippen LogP contribution >= 0.6 is 0 Å². The molecule has 0 aromatic rings. The van der Waals surface area contributed by atoms with Gasteiger partial charge in [-0.05, 0) is 59.0 Å². The van der Waals surface area contributed by atoms with Crippen molar-refractivity contribution in [2.24, 2.45) is 0 Å². The second-order valence-electron chi connectivity index (χ2n) is 10.2. The SMILES string of the molecule is CCCCCCC(F)CC(C)OC(=O)NCCC[SiH2]C(O[Si](C)(C)C)O[Si](C)(C)C. The van der Waals surface area contributed by atoms with Crippen LogP contribution in [-0.4, -0.2) is 57.0 Å². The zero-order chi connectivity index (χ0) is 23.2. The van der Waals surface area contributed by atoms with Crippen LogP contribution in [0, 0.1) is 0 Å². The van der Waals surface area contributed by atoms with Crippen LogP contribution in [0.5, 0.6) is 0 Å². The Labute approximate surface area is 189 Å². The number of hydrogen-bond acceptors (Lipinski definition) is 4. The van der Waals surface area contributed by atoms with E-state index in [1.807, 2.05) is 0 Å². The Balaban J connectivity index is 4.02. The Morgan fingerprint density at radius 1 is 1.00 bits per heavy atom. The second kappa shape index (κ2) is 15.6. The maximum atomic E-state index is 14.0. The number of halogens is 1. The molecule has 0 aliphatic rings. The van der Waals surface area contributed by atoms with Crippen molar-refractivity contribution in [3.05, 3.63) is 0 Å². The Morgan fingerprint density at radius 2 is 1.60 bits per heavy atom. The second-order valence-corrected chi connectivity index (χ2v) is 21.1. The highest BCUT2D eigenvalue weighted by Gasteiger charge is 2.26. The van der Waals surface area contributed by atoms with E-state index >= 15 is 0 Å². The summed E-state index contributed by atoms with van der Waals surface area (Å²) in [6.07, 6.45) is 4.25. The fourth-order valence-electron chi connectivity index (χ4n) is 3.10. The lowest BCUT2D eigenvalue weighted by atomic mass is 10.1. The van der Waals surface area contributed by atoms with Crippen molar-refractivity contribution in [3.63, 3.8) is 0 Å². The summed E-state index contributed by atoms with van der Waals surface area (Å²) in [4.78, 5) is 11.9. The molecule has 0 saturated carbocycles. The van der Waals surface area contributed by atoms with E-state index in [4.69, 9.17) is 13.6 Å². The van der Waals surface area contributed by atoms with Gasteiger partial charge in [-0.25, -0.2) is 9.18 Å². The van der Waals surface area contributed by atoms with Crippen molar-refractivity contribution in [2.45, 2.75) is 122 Å². The predicted octanol–water partition coefficient (Wildman–Crippen LogP) is 5.76. The highest BCUT2D eigenvalue weighted by Crippen LogP contribution is 2.16. The van der Waals surface area contributed by atoms with Gasteiger partial charge in [0.05, 0.1) is 9.52 Å². The molecule has 1 N–H and O–H groups in total. The minimum absolute atomic E-state index is 0.0193. The third-order valence-electron chi connectivity index (χ3n) is 4.37. The number of unbranched alkanes of at least 4 members (excludes halogenated alkanes) is 3. The Morgan fingerprint density at radius 3 is 2.13 bits per heavy atom. The van der Waals surface area contributed by atoms with E-state index < -0.39 is 44.5 Å². The number of rotatable bonds is 17. The molecule has 30 heavy (non-hydrogen) atoms. The summed E-state index contributed by atoms with van der Waals surface area (Å²) < 4.78 is 31.7. The van der Waals surface area contributed by atoms with Crippen LogP contribution in [0.25, 0.3) is 0 Å². The van der Waals surface area contributed by atoms with Gasteiger partial charge in [-0.15, -0.1) is 0 Å². The molecule has 0 aromatic carbocycles. The molecule has 2 atom stereocenters. The van der Waals surface area contributed by atoms with Gasteiger partial charge in [0.2, 0.25) is 0 Å². The maximum absolute atomic E-state index is 14.0. The lowest BCUT2D eigenvalue weighted by molar-refractivity contribution is 0.0605. The van der Waals surface area contributed by atoms with Crippen molar-refractivity contribution < 1.29 is 22.8 Å². The first-order valence-corrected chi connectivity index (χ1v) is 20.4. The molecular weight excluding hydrogens is 433 g/mol. The lowest BCUT2D eigenvalue weighted by Crippen LogP contribution is -2.43. The van der Waals surface area contributed by atoms with Crippen LogP contribution in [-0.2, 0) is 13.6 Å². The minimum Gasteiger partial charge on any atom is -0.446 e. The van der Waals surface area contributed by atoms with Gasteiger partial charge in [0.1, 0.15) is 18.2 Å². The van der Waals surface area contributed by atoms with Gasteiger partial charge in [-0.2, -0.15) is 0 Å². The van der Waals surface area contributed by atoms with Crippen molar-refractivity contribution >= 4 is 32.2 Å². The van der Waals surface area contributed by atoms with Crippen LogP contribution in [0.1, 0.15) is 58.8 Å².